The molecule has 0 saturated heterocycles. The molecule has 0 aliphatic rings. The Morgan fingerprint density at radius 1 is 1.38 bits per heavy atom. The van der Waals surface area contributed by atoms with Gasteiger partial charge in [0.2, 0.25) is 0 Å². The minimum atomic E-state index is -0.477. The normalized spacial score (nSPS) is 10.5. The second-order valence-electron chi connectivity index (χ2n) is 3.83. The standard InChI is InChI=1S/C13H11N3O4S/c1-20-11-5-3-2-4-10(11)13(17)15-14-8-9-6-7-12(21-9)16(18)19/h2-8H,1H3,(H,15,17). The maximum Gasteiger partial charge on any atom is 0.324 e. The van der Waals surface area contributed by atoms with Gasteiger partial charge in [-0.3, -0.25) is 14.9 Å². The van der Waals surface area contributed by atoms with Gasteiger partial charge in [0.05, 0.1) is 28.7 Å². The van der Waals surface area contributed by atoms with E-state index in [1.54, 1.807) is 30.3 Å². The van der Waals surface area contributed by atoms with Crippen LogP contribution in [0.5, 0.6) is 5.75 Å². The summed E-state index contributed by atoms with van der Waals surface area (Å²) in [6.45, 7) is 0. The minimum Gasteiger partial charge on any atom is -0.496 e. The Morgan fingerprint density at radius 2 is 2.14 bits per heavy atom. The molecule has 0 atom stereocenters. The number of nitrogens with zero attached hydrogens (tertiary/aromatic N) is 2. The van der Waals surface area contributed by atoms with Crippen LogP contribution >= 0.6 is 11.3 Å². The number of nitro groups is 1. The van der Waals surface area contributed by atoms with Crippen molar-refractivity contribution in [3.05, 3.63) is 57.0 Å². The Hall–Kier alpha value is -2.74. The van der Waals surface area contributed by atoms with Crippen LogP contribution in [0.3, 0.4) is 0 Å². The third-order valence-corrected chi connectivity index (χ3v) is 3.47. The summed E-state index contributed by atoms with van der Waals surface area (Å²) < 4.78 is 5.08. The number of para-hydroxylation sites is 1. The van der Waals surface area contributed by atoms with E-state index < -0.39 is 10.8 Å². The van der Waals surface area contributed by atoms with E-state index in [0.29, 0.717) is 16.2 Å². The van der Waals surface area contributed by atoms with Gasteiger partial charge in [-0.15, -0.1) is 0 Å². The van der Waals surface area contributed by atoms with Gasteiger partial charge in [0.1, 0.15) is 5.75 Å². The quantitative estimate of drug-likeness (QED) is 0.521. The molecule has 0 saturated carbocycles. The molecule has 2 aromatic rings. The van der Waals surface area contributed by atoms with Crippen molar-refractivity contribution in [3.63, 3.8) is 0 Å². The second kappa shape index (κ2) is 6.62. The molecule has 108 valence electrons. The third-order valence-electron chi connectivity index (χ3n) is 2.50. The van der Waals surface area contributed by atoms with Gasteiger partial charge >= 0.3 is 5.00 Å². The molecule has 1 heterocycles. The first-order valence-corrected chi connectivity index (χ1v) is 6.64. The van der Waals surface area contributed by atoms with Gasteiger partial charge in [-0.25, -0.2) is 5.43 Å². The fourth-order valence-electron chi connectivity index (χ4n) is 1.56. The molecule has 7 nitrogen and oxygen atoms in total. The topological polar surface area (TPSA) is 93.8 Å². The zero-order valence-electron chi connectivity index (χ0n) is 11.0. The van der Waals surface area contributed by atoms with Crippen LogP contribution in [-0.2, 0) is 0 Å². The van der Waals surface area contributed by atoms with E-state index in [2.05, 4.69) is 10.5 Å². The predicted octanol–water partition coefficient (Wildman–Crippen LogP) is 2.43. The smallest absolute Gasteiger partial charge is 0.324 e. The molecule has 1 N–H and O–H groups in total. The molecular weight excluding hydrogens is 294 g/mol. The Kier molecular flexibility index (Phi) is 4.62. The summed E-state index contributed by atoms with van der Waals surface area (Å²) >= 11 is 0.972. The van der Waals surface area contributed by atoms with Crippen molar-refractivity contribution in [1.82, 2.24) is 5.43 Å². The number of rotatable bonds is 5. The first kappa shape index (κ1) is 14.7. The Labute approximate surface area is 124 Å². The SMILES string of the molecule is COc1ccccc1C(=O)NN=Cc1ccc([N+](=O)[O-])s1. The lowest BCUT2D eigenvalue weighted by atomic mass is 10.2. The van der Waals surface area contributed by atoms with Crippen molar-refractivity contribution in [3.8, 4) is 5.75 Å². The summed E-state index contributed by atoms with van der Waals surface area (Å²) in [7, 11) is 1.47. The van der Waals surface area contributed by atoms with Crippen molar-refractivity contribution in [1.29, 1.82) is 0 Å². The van der Waals surface area contributed by atoms with E-state index in [4.69, 9.17) is 4.74 Å². The highest BCUT2D eigenvalue weighted by molar-refractivity contribution is 7.16. The van der Waals surface area contributed by atoms with Crippen molar-refractivity contribution in [2.45, 2.75) is 0 Å². The van der Waals surface area contributed by atoms with Gasteiger partial charge in [-0.05, 0) is 18.2 Å². The summed E-state index contributed by atoms with van der Waals surface area (Å²) in [5.74, 6) is 0.0201. The average Bonchev–Trinajstić information content (AvgIpc) is 2.96. The maximum absolute atomic E-state index is 11.9. The highest BCUT2D eigenvalue weighted by Gasteiger charge is 2.11. The Bertz CT molecular complexity index is 696. The van der Waals surface area contributed by atoms with E-state index in [1.165, 1.54) is 19.4 Å². The molecule has 0 fully saturated rings. The van der Waals surface area contributed by atoms with Gasteiger partial charge in [0.25, 0.3) is 5.91 Å². The van der Waals surface area contributed by atoms with Crippen LogP contribution in [0.1, 0.15) is 15.2 Å². The molecule has 0 bridgehead atoms. The Balaban J connectivity index is 2.03. The lowest BCUT2D eigenvalue weighted by molar-refractivity contribution is -0.380. The third kappa shape index (κ3) is 3.63. The minimum absolute atomic E-state index is 0.0208. The number of benzene rings is 1. The number of methoxy groups -OCH3 is 1. The van der Waals surface area contributed by atoms with Crippen LogP contribution in [0, 0.1) is 10.1 Å². The number of thiophene rings is 1. The molecule has 0 spiro atoms. The molecule has 2 rings (SSSR count). The zero-order valence-corrected chi connectivity index (χ0v) is 11.8. The summed E-state index contributed by atoms with van der Waals surface area (Å²) in [6.07, 6.45) is 1.35. The fourth-order valence-corrected chi connectivity index (χ4v) is 2.25. The first-order chi connectivity index (χ1) is 10.1. The van der Waals surface area contributed by atoms with Gasteiger partial charge in [-0.1, -0.05) is 23.5 Å². The van der Waals surface area contributed by atoms with E-state index in [0.717, 1.165) is 11.3 Å². The lowest BCUT2D eigenvalue weighted by Gasteiger charge is -2.05. The highest BCUT2D eigenvalue weighted by atomic mass is 32.1. The van der Waals surface area contributed by atoms with Crippen LogP contribution in [0.25, 0.3) is 0 Å². The van der Waals surface area contributed by atoms with Crippen molar-refractivity contribution < 1.29 is 14.5 Å². The number of carbonyl (C=O) groups excluding carboxylic acids is 1. The Morgan fingerprint density at radius 3 is 2.81 bits per heavy atom. The molecule has 0 aliphatic carbocycles. The van der Waals surface area contributed by atoms with E-state index in [1.807, 2.05) is 0 Å². The number of hydrogen-bond acceptors (Lipinski definition) is 6. The molecule has 1 aromatic carbocycles. The van der Waals surface area contributed by atoms with Crippen molar-refractivity contribution in [2.75, 3.05) is 7.11 Å². The zero-order chi connectivity index (χ0) is 15.2. The fraction of sp³-hybridized carbons (Fsp3) is 0.0769. The second-order valence-corrected chi connectivity index (χ2v) is 4.93. The number of nitrogens with one attached hydrogen (secondary N) is 1. The lowest BCUT2D eigenvalue weighted by Crippen LogP contribution is -2.18. The van der Waals surface area contributed by atoms with E-state index >= 15 is 0 Å². The predicted molar refractivity (Wildman–Crippen MR) is 79.0 cm³/mol. The van der Waals surface area contributed by atoms with Crippen LogP contribution in [0.4, 0.5) is 5.00 Å². The summed E-state index contributed by atoms with van der Waals surface area (Å²) in [5.41, 5.74) is 2.70. The van der Waals surface area contributed by atoms with Crippen molar-refractivity contribution >= 4 is 28.5 Å². The van der Waals surface area contributed by atoms with Gasteiger partial charge in [0.15, 0.2) is 0 Å². The molecule has 21 heavy (non-hydrogen) atoms. The van der Waals surface area contributed by atoms with Gasteiger partial charge in [0, 0.05) is 6.07 Å². The molecule has 8 heteroatoms. The number of amides is 1. The maximum atomic E-state index is 11.9. The summed E-state index contributed by atoms with van der Waals surface area (Å²) in [5, 5.41) is 14.3. The molecule has 0 radical (unpaired) electrons. The molecule has 1 aromatic heterocycles. The number of hydrazone groups is 1. The largest absolute Gasteiger partial charge is 0.496 e. The van der Waals surface area contributed by atoms with E-state index in [-0.39, 0.29) is 5.00 Å². The van der Waals surface area contributed by atoms with Crippen LogP contribution < -0.4 is 10.2 Å². The van der Waals surface area contributed by atoms with Crippen LogP contribution in [-0.4, -0.2) is 24.2 Å². The number of ether oxygens (including phenoxy) is 1. The highest BCUT2D eigenvalue weighted by Crippen LogP contribution is 2.22. The van der Waals surface area contributed by atoms with E-state index in [9.17, 15) is 14.9 Å². The molecule has 1 amide bonds. The number of carbonyl (C=O) groups is 1. The molecule has 0 aliphatic heterocycles. The summed E-state index contributed by atoms with van der Waals surface area (Å²) in [4.78, 5) is 22.6. The summed E-state index contributed by atoms with van der Waals surface area (Å²) in [6, 6.07) is 9.68. The van der Waals surface area contributed by atoms with Gasteiger partial charge < -0.3 is 4.74 Å². The monoisotopic (exact) mass is 305 g/mol. The average molecular weight is 305 g/mol. The van der Waals surface area contributed by atoms with Crippen LogP contribution in [0.2, 0.25) is 0 Å². The molecular formula is C13H11N3O4S. The van der Waals surface area contributed by atoms with Crippen molar-refractivity contribution in [2.24, 2.45) is 5.10 Å². The number of hydrogen-bond donors (Lipinski definition) is 1. The molecule has 0 unspecified atom stereocenters. The van der Waals surface area contributed by atoms with Crippen LogP contribution in [0.15, 0.2) is 41.5 Å². The first-order valence-electron chi connectivity index (χ1n) is 5.82. The van der Waals surface area contributed by atoms with Gasteiger partial charge in [-0.2, -0.15) is 5.10 Å².